The van der Waals surface area contributed by atoms with Crippen molar-refractivity contribution in [3.8, 4) is 0 Å². The minimum Gasteiger partial charge on any atom is -0.387 e. The number of hydrogen-bond donors (Lipinski definition) is 5. The molecule has 12 nitrogen and oxygen atoms in total. The number of fused-ring (bicyclic) bond motifs is 1. The maximum atomic E-state index is 12.5. The molecule has 0 bridgehead atoms. The smallest absolute Gasteiger partial charge is 0.387 e. The quantitative estimate of drug-likeness (QED) is 0.187. The first-order valence-corrected chi connectivity index (χ1v) is 11.8. The van der Waals surface area contributed by atoms with Crippen molar-refractivity contribution < 1.29 is 47.0 Å². The summed E-state index contributed by atoms with van der Waals surface area (Å²) in [6, 6.07) is 0. The second-order valence-electron chi connectivity index (χ2n) is 6.76. The molecular formula is C15H21F3N5O7PS. The van der Waals surface area contributed by atoms with E-state index >= 15 is 0 Å². The van der Waals surface area contributed by atoms with Gasteiger partial charge >= 0.3 is 14.0 Å². The first-order valence-electron chi connectivity index (χ1n) is 9.29. The number of aliphatic hydroxyl groups excluding tert-OH is 2. The average Bonchev–Trinajstić information content (AvgIpc) is 3.21. The van der Waals surface area contributed by atoms with Crippen molar-refractivity contribution in [2.45, 2.75) is 49.2 Å². The normalized spacial score (nSPS) is 24.4. The Hall–Kier alpha value is -1.52. The second kappa shape index (κ2) is 9.77. The van der Waals surface area contributed by atoms with Gasteiger partial charge < -0.3 is 30.1 Å². The largest absolute Gasteiger partial charge is 0.469 e. The van der Waals surface area contributed by atoms with Crippen LogP contribution >= 0.6 is 19.6 Å². The summed E-state index contributed by atoms with van der Waals surface area (Å²) in [4.78, 5) is 30.3. The molecule has 0 amide bonds. The van der Waals surface area contributed by atoms with Crippen LogP contribution in [0.2, 0.25) is 0 Å². The Kier molecular flexibility index (Phi) is 7.66. The maximum absolute atomic E-state index is 12.5. The number of ether oxygens (including phenoxy) is 1. The number of phosphoric acid groups is 1. The van der Waals surface area contributed by atoms with Crippen LogP contribution in [0.4, 0.5) is 19.0 Å². The number of rotatable bonds is 9. The predicted molar refractivity (Wildman–Crippen MR) is 105 cm³/mol. The molecule has 32 heavy (non-hydrogen) atoms. The van der Waals surface area contributed by atoms with Crippen molar-refractivity contribution in [1.29, 1.82) is 0 Å². The molecule has 1 fully saturated rings. The Morgan fingerprint density at radius 3 is 2.66 bits per heavy atom. The number of imidazole rings is 1. The van der Waals surface area contributed by atoms with Crippen LogP contribution in [0.15, 0.2) is 11.5 Å². The fraction of sp³-hybridized carbons (Fsp3) is 0.667. The number of halogens is 3. The van der Waals surface area contributed by atoms with Crippen LogP contribution in [0.1, 0.15) is 19.6 Å². The van der Waals surface area contributed by atoms with Gasteiger partial charge in [-0.05, 0) is 6.92 Å². The number of phosphoric ester groups is 1. The van der Waals surface area contributed by atoms with Gasteiger partial charge in [0, 0.05) is 12.3 Å². The zero-order valence-electron chi connectivity index (χ0n) is 16.5. The highest BCUT2D eigenvalue weighted by molar-refractivity contribution is 7.99. The van der Waals surface area contributed by atoms with Crippen molar-refractivity contribution >= 4 is 36.6 Å². The molecule has 5 N–H and O–H groups in total. The Morgan fingerprint density at radius 1 is 1.31 bits per heavy atom. The van der Waals surface area contributed by atoms with E-state index in [4.69, 9.17) is 14.5 Å². The molecular weight excluding hydrogens is 482 g/mol. The summed E-state index contributed by atoms with van der Waals surface area (Å²) in [5.74, 6) is -0.0437. The molecule has 1 saturated heterocycles. The lowest BCUT2D eigenvalue weighted by molar-refractivity contribution is -0.129. The highest BCUT2D eigenvalue weighted by Crippen LogP contribution is 2.39. The number of thioether (sulfide) groups is 1. The second-order valence-corrected chi connectivity index (χ2v) is 9.06. The third-order valence-corrected chi connectivity index (χ3v) is 5.71. The maximum Gasteiger partial charge on any atom is 0.469 e. The SMILES string of the molecule is CCNc1nc(SCCC(F)(F)F)nc2c1ncn2[C@@H]1O[C@H](COP(=O)(O)O)[C@@H](O)[C@H]1O. The van der Waals surface area contributed by atoms with Gasteiger partial charge in [-0.1, -0.05) is 11.8 Å². The molecule has 3 rings (SSSR count). The first kappa shape index (κ1) is 25.1. The van der Waals surface area contributed by atoms with E-state index in [1.807, 2.05) is 0 Å². The van der Waals surface area contributed by atoms with E-state index in [0.29, 0.717) is 6.54 Å². The monoisotopic (exact) mass is 503 g/mol. The van der Waals surface area contributed by atoms with Crippen LogP contribution < -0.4 is 5.32 Å². The topological polar surface area (TPSA) is 172 Å². The third kappa shape index (κ3) is 6.08. The van der Waals surface area contributed by atoms with Crippen LogP contribution in [-0.4, -0.2) is 82.9 Å². The molecule has 180 valence electrons. The highest BCUT2D eigenvalue weighted by atomic mass is 32.2. The van der Waals surface area contributed by atoms with Gasteiger partial charge in [0.05, 0.1) is 19.4 Å². The number of nitrogens with zero attached hydrogens (tertiary/aromatic N) is 4. The molecule has 0 unspecified atom stereocenters. The summed E-state index contributed by atoms with van der Waals surface area (Å²) < 4.78 is 59.5. The molecule has 2 aromatic heterocycles. The predicted octanol–water partition coefficient (Wildman–Crippen LogP) is 1.03. The summed E-state index contributed by atoms with van der Waals surface area (Å²) in [6.07, 6.45) is -9.71. The van der Waals surface area contributed by atoms with Gasteiger partial charge in [0.25, 0.3) is 0 Å². The van der Waals surface area contributed by atoms with Gasteiger partial charge in [0.1, 0.15) is 18.3 Å². The van der Waals surface area contributed by atoms with Gasteiger partial charge in [-0.3, -0.25) is 9.09 Å². The number of anilines is 1. The van der Waals surface area contributed by atoms with Gasteiger partial charge in [0.2, 0.25) is 0 Å². The van der Waals surface area contributed by atoms with E-state index in [9.17, 15) is 27.9 Å². The minimum absolute atomic E-state index is 0.0360. The third-order valence-electron chi connectivity index (χ3n) is 4.38. The van der Waals surface area contributed by atoms with Gasteiger partial charge in [-0.25, -0.2) is 19.5 Å². The number of nitrogens with one attached hydrogen (secondary N) is 1. The Labute approximate surface area is 183 Å². The lowest BCUT2D eigenvalue weighted by Crippen LogP contribution is -2.33. The van der Waals surface area contributed by atoms with Crippen LogP contribution in [0, 0.1) is 0 Å². The van der Waals surface area contributed by atoms with Crippen LogP contribution in [0.3, 0.4) is 0 Å². The van der Waals surface area contributed by atoms with E-state index in [1.54, 1.807) is 6.92 Å². The Balaban J connectivity index is 1.88. The molecule has 1 aliphatic heterocycles. The average molecular weight is 503 g/mol. The highest BCUT2D eigenvalue weighted by Gasteiger charge is 2.45. The van der Waals surface area contributed by atoms with Crippen molar-refractivity contribution in [1.82, 2.24) is 19.5 Å². The van der Waals surface area contributed by atoms with Gasteiger partial charge in [0.15, 0.2) is 28.4 Å². The fourth-order valence-electron chi connectivity index (χ4n) is 2.96. The van der Waals surface area contributed by atoms with Crippen molar-refractivity contribution in [3.63, 3.8) is 0 Å². The lowest BCUT2D eigenvalue weighted by Gasteiger charge is -2.17. The summed E-state index contributed by atoms with van der Waals surface area (Å²) in [7, 11) is -4.83. The van der Waals surface area contributed by atoms with E-state index in [1.165, 1.54) is 10.9 Å². The van der Waals surface area contributed by atoms with Crippen LogP contribution in [0.5, 0.6) is 0 Å². The number of alkyl halides is 3. The number of aliphatic hydroxyl groups is 2. The zero-order chi connectivity index (χ0) is 23.7. The van der Waals surface area contributed by atoms with Gasteiger partial charge in [-0.15, -0.1) is 0 Å². The zero-order valence-corrected chi connectivity index (χ0v) is 18.2. The van der Waals surface area contributed by atoms with Crippen LogP contribution in [-0.2, 0) is 13.8 Å². The molecule has 3 heterocycles. The minimum atomic E-state index is -4.83. The summed E-state index contributed by atoms with van der Waals surface area (Å²) in [5.41, 5.74) is 0.380. The lowest BCUT2D eigenvalue weighted by atomic mass is 10.1. The molecule has 0 spiro atoms. The Bertz CT molecular complexity index is 990. The van der Waals surface area contributed by atoms with Crippen molar-refractivity contribution in [2.75, 3.05) is 24.2 Å². The molecule has 4 atom stereocenters. The fourth-order valence-corrected chi connectivity index (χ4v) is 4.13. The van der Waals surface area contributed by atoms with E-state index in [0.717, 1.165) is 11.8 Å². The van der Waals surface area contributed by atoms with E-state index in [-0.39, 0.29) is 27.9 Å². The standard InChI is InChI=1S/C15H21F3N5O7PS/c1-2-19-11-8-12(22-14(21-11)32-4-3-15(16,17)18)23(6-20-8)13-10(25)9(24)7(30-13)5-29-31(26,27)28/h6-7,9-10,13,24-25H,2-5H2,1H3,(H,19,21,22)(H2,26,27,28)/t7-,9-,10-,13-/m1/s1. The summed E-state index contributed by atoms with van der Waals surface area (Å²) >= 11 is 0.787. The molecule has 0 saturated carbocycles. The van der Waals surface area contributed by atoms with E-state index < -0.39 is 51.6 Å². The van der Waals surface area contributed by atoms with Crippen LogP contribution in [0.25, 0.3) is 11.2 Å². The van der Waals surface area contributed by atoms with Crippen molar-refractivity contribution in [2.24, 2.45) is 0 Å². The molecule has 1 aliphatic rings. The molecule has 0 aromatic carbocycles. The summed E-state index contributed by atoms with van der Waals surface area (Å²) in [6.45, 7) is 1.53. The first-order chi connectivity index (χ1) is 14.9. The number of hydrogen-bond acceptors (Lipinski definition) is 10. The van der Waals surface area contributed by atoms with Gasteiger partial charge in [-0.2, -0.15) is 13.2 Å². The Morgan fingerprint density at radius 2 is 2.03 bits per heavy atom. The molecule has 17 heteroatoms. The number of aromatic nitrogens is 4. The molecule has 0 radical (unpaired) electrons. The molecule has 2 aromatic rings. The van der Waals surface area contributed by atoms with E-state index in [2.05, 4.69) is 24.8 Å². The van der Waals surface area contributed by atoms with Crippen molar-refractivity contribution in [3.05, 3.63) is 6.33 Å². The molecule has 0 aliphatic carbocycles. The summed E-state index contributed by atoms with van der Waals surface area (Å²) in [5, 5.41) is 23.6.